The van der Waals surface area contributed by atoms with E-state index in [0.29, 0.717) is 36.7 Å². The molecule has 3 N–H and O–H groups in total. The van der Waals surface area contributed by atoms with E-state index >= 15 is 0 Å². The highest BCUT2D eigenvalue weighted by molar-refractivity contribution is 6.20. The van der Waals surface area contributed by atoms with E-state index in [9.17, 15) is 23.9 Å². The maximum atomic E-state index is 12.9. The standard InChI is InChI=1S/C23H24ClF2N5O3/c24-23(25,26)34-18-6-4-16(5-7-18)29-22(33)15-10-20(30-19-3-1-2-14(19)11-27)21(28-12-15)31-9-8-17(32)13-31/h4-7,10,12,14,17,19,30,32H,1-3,8-9,13H2,(H,29,33). The lowest BCUT2D eigenvalue weighted by Crippen LogP contribution is -2.28. The summed E-state index contributed by atoms with van der Waals surface area (Å²) < 4.78 is 29.8. The van der Waals surface area contributed by atoms with Crippen LogP contribution in [0.4, 0.5) is 26.0 Å². The summed E-state index contributed by atoms with van der Waals surface area (Å²) in [5.41, 5.74) is -2.54. The van der Waals surface area contributed by atoms with E-state index in [0.717, 1.165) is 19.3 Å². The van der Waals surface area contributed by atoms with Crippen molar-refractivity contribution < 1.29 is 23.4 Å². The van der Waals surface area contributed by atoms with Gasteiger partial charge >= 0.3 is 5.57 Å². The molecule has 180 valence electrons. The molecule has 0 bridgehead atoms. The highest BCUT2D eigenvalue weighted by atomic mass is 35.5. The van der Waals surface area contributed by atoms with E-state index < -0.39 is 17.6 Å². The van der Waals surface area contributed by atoms with Gasteiger partial charge in [0.15, 0.2) is 5.82 Å². The van der Waals surface area contributed by atoms with Crippen LogP contribution in [-0.2, 0) is 0 Å². The van der Waals surface area contributed by atoms with Crippen molar-refractivity contribution in [2.45, 2.75) is 43.4 Å². The first-order chi connectivity index (χ1) is 16.2. The minimum absolute atomic E-state index is 0.0519. The molecular formula is C23H24ClF2N5O3. The first kappa shape index (κ1) is 24.0. The molecule has 3 atom stereocenters. The number of anilines is 3. The molecule has 0 spiro atoms. The Morgan fingerprint density at radius 3 is 2.71 bits per heavy atom. The topological polar surface area (TPSA) is 111 Å². The number of carbonyl (C=O) groups is 1. The van der Waals surface area contributed by atoms with E-state index in [1.54, 1.807) is 6.07 Å². The number of alkyl halides is 3. The molecule has 1 amide bonds. The zero-order valence-electron chi connectivity index (χ0n) is 18.2. The second kappa shape index (κ2) is 9.99. The Morgan fingerprint density at radius 2 is 2.06 bits per heavy atom. The van der Waals surface area contributed by atoms with Crippen molar-refractivity contribution in [2.24, 2.45) is 5.92 Å². The number of pyridine rings is 1. The number of carbonyl (C=O) groups excluding carboxylic acids is 1. The number of amides is 1. The second-order valence-electron chi connectivity index (χ2n) is 8.43. The zero-order valence-corrected chi connectivity index (χ0v) is 18.9. The van der Waals surface area contributed by atoms with E-state index in [2.05, 4.69) is 26.4 Å². The minimum Gasteiger partial charge on any atom is -0.420 e. The predicted octanol–water partition coefficient (Wildman–Crippen LogP) is 4.18. The van der Waals surface area contributed by atoms with Gasteiger partial charge in [-0.05, 0) is 56.0 Å². The number of halogens is 3. The Hall–Kier alpha value is -3.16. The van der Waals surface area contributed by atoms with Crippen LogP contribution in [-0.4, -0.2) is 46.8 Å². The number of aliphatic hydroxyl groups is 1. The zero-order chi connectivity index (χ0) is 24.3. The van der Waals surface area contributed by atoms with Gasteiger partial charge in [-0.25, -0.2) is 4.98 Å². The number of hydrogen-bond acceptors (Lipinski definition) is 7. The van der Waals surface area contributed by atoms with E-state index in [1.807, 2.05) is 4.90 Å². The number of rotatable bonds is 7. The number of β-amino-alcohol motifs (C(OH)–C–C–N with tert-alkyl or cyclic N) is 1. The van der Waals surface area contributed by atoms with Gasteiger partial charge < -0.3 is 25.4 Å². The van der Waals surface area contributed by atoms with E-state index in [1.165, 1.54) is 30.5 Å². The summed E-state index contributed by atoms with van der Waals surface area (Å²) in [6.45, 7) is 1.08. The van der Waals surface area contributed by atoms with Crippen molar-refractivity contribution in [3.8, 4) is 11.8 Å². The lowest BCUT2D eigenvalue weighted by molar-refractivity contribution is -0.0964. The van der Waals surface area contributed by atoms with Crippen LogP contribution < -0.4 is 20.3 Å². The monoisotopic (exact) mass is 491 g/mol. The summed E-state index contributed by atoms with van der Waals surface area (Å²) in [6, 6.07) is 9.33. The first-order valence-electron chi connectivity index (χ1n) is 11.0. The number of nitrogens with one attached hydrogen (secondary N) is 2. The van der Waals surface area contributed by atoms with Gasteiger partial charge in [0.1, 0.15) is 5.75 Å². The summed E-state index contributed by atoms with van der Waals surface area (Å²) in [5, 5.41) is 25.5. The molecule has 1 aromatic carbocycles. The van der Waals surface area contributed by atoms with Crippen molar-refractivity contribution in [1.82, 2.24) is 4.98 Å². The highest BCUT2D eigenvalue weighted by Crippen LogP contribution is 2.33. The van der Waals surface area contributed by atoms with Crippen LogP contribution in [0.25, 0.3) is 0 Å². The molecule has 1 aliphatic heterocycles. The fourth-order valence-corrected chi connectivity index (χ4v) is 4.39. The fraction of sp³-hybridized carbons (Fsp3) is 0.435. The SMILES string of the molecule is N#CC1CCCC1Nc1cc(C(=O)Nc2ccc(OC(F)(F)Cl)cc2)cnc1N1CCC(O)C1. The van der Waals surface area contributed by atoms with Crippen LogP contribution in [0.2, 0.25) is 0 Å². The molecule has 8 nitrogen and oxygen atoms in total. The summed E-state index contributed by atoms with van der Waals surface area (Å²) in [5.74, 6) is -0.0918. The van der Waals surface area contributed by atoms with Crippen molar-refractivity contribution in [2.75, 3.05) is 28.6 Å². The Balaban J connectivity index is 1.53. The number of nitrogens with zero attached hydrogens (tertiary/aromatic N) is 3. The predicted molar refractivity (Wildman–Crippen MR) is 123 cm³/mol. The van der Waals surface area contributed by atoms with Crippen LogP contribution >= 0.6 is 11.6 Å². The van der Waals surface area contributed by atoms with Gasteiger partial charge in [-0.15, -0.1) is 8.78 Å². The largest absolute Gasteiger partial charge is 0.487 e. The van der Waals surface area contributed by atoms with E-state index in [4.69, 9.17) is 11.6 Å². The Labute approximate surface area is 200 Å². The maximum absolute atomic E-state index is 12.9. The third-order valence-electron chi connectivity index (χ3n) is 5.96. The minimum atomic E-state index is -3.82. The van der Waals surface area contributed by atoms with Gasteiger partial charge in [0.25, 0.3) is 5.91 Å². The molecule has 34 heavy (non-hydrogen) atoms. The molecule has 1 aliphatic carbocycles. The summed E-state index contributed by atoms with van der Waals surface area (Å²) in [6.07, 6.45) is 4.23. The Kier molecular flexibility index (Phi) is 7.05. The Bertz CT molecular complexity index is 1070. The third kappa shape index (κ3) is 5.85. The number of benzene rings is 1. The molecular weight excluding hydrogens is 468 g/mol. The van der Waals surface area contributed by atoms with Crippen molar-refractivity contribution in [3.05, 3.63) is 42.1 Å². The molecule has 2 aliphatic rings. The first-order valence-corrected chi connectivity index (χ1v) is 11.4. The second-order valence-corrected chi connectivity index (χ2v) is 8.87. The summed E-state index contributed by atoms with van der Waals surface area (Å²) >= 11 is 4.76. The number of aliphatic hydroxyl groups excluding tert-OH is 1. The van der Waals surface area contributed by atoms with E-state index in [-0.39, 0.29) is 23.3 Å². The normalized spacial score (nSPS) is 22.3. The molecule has 2 fully saturated rings. The molecule has 3 unspecified atom stereocenters. The van der Waals surface area contributed by atoms with Gasteiger partial charge in [0, 0.05) is 42.6 Å². The van der Waals surface area contributed by atoms with Crippen molar-refractivity contribution in [3.63, 3.8) is 0 Å². The molecule has 1 aromatic heterocycles. The molecule has 1 saturated carbocycles. The quantitative estimate of drug-likeness (QED) is 0.498. The molecule has 4 rings (SSSR count). The highest BCUT2D eigenvalue weighted by Gasteiger charge is 2.30. The smallest absolute Gasteiger partial charge is 0.420 e. The lowest BCUT2D eigenvalue weighted by Gasteiger charge is -2.24. The maximum Gasteiger partial charge on any atom is 0.487 e. The number of hydrogen-bond donors (Lipinski definition) is 3. The fourth-order valence-electron chi connectivity index (χ4n) is 4.30. The van der Waals surface area contributed by atoms with Crippen LogP contribution in [0, 0.1) is 17.2 Å². The molecule has 11 heteroatoms. The van der Waals surface area contributed by atoms with Crippen LogP contribution in [0.15, 0.2) is 36.5 Å². The molecule has 2 heterocycles. The van der Waals surface area contributed by atoms with Crippen LogP contribution in [0.1, 0.15) is 36.0 Å². The summed E-state index contributed by atoms with van der Waals surface area (Å²) in [7, 11) is 0. The molecule has 2 aromatic rings. The average Bonchev–Trinajstić information content (AvgIpc) is 3.42. The number of nitriles is 1. The number of ether oxygens (including phenoxy) is 1. The molecule has 0 radical (unpaired) electrons. The van der Waals surface area contributed by atoms with Gasteiger partial charge in [-0.3, -0.25) is 4.79 Å². The number of aromatic nitrogens is 1. The summed E-state index contributed by atoms with van der Waals surface area (Å²) in [4.78, 5) is 19.3. The van der Waals surface area contributed by atoms with Crippen LogP contribution in [0.3, 0.4) is 0 Å². The van der Waals surface area contributed by atoms with Gasteiger partial charge in [-0.2, -0.15) is 5.26 Å². The molecule has 1 saturated heterocycles. The van der Waals surface area contributed by atoms with Gasteiger partial charge in [-0.1, -0.05) is 0 Å². The lowest BCUT2D eigenvalue weighted by atomic mass is 10.1. The third-order valence-corrected chi connectivity index (χ3v) is 6.04. The van der Waals surface area contributed by atoms with Crippen LogP contribution in [0.5, 0.6) is 5.75 Å². The van der Waals surface area contributed by atoms with Crippen molar-refractivity contribution in [1.29, 1.82) is 5.26 Å². The Morgan fingerprint density at radius 1 is 1.29 bits per heavy atom. The van der Waals surface area contributed by atoms with Gasteiger partial charge in [0.2, 0.25) is 0 Å². The van der Waals surface area contributed by atoms with Crippen molar-refractivity contribution >= 4 is 34.7 Å². The average molecular weight is 492 g/mol. The van der Waals surface area contributed by atoms with Gasteiger partial charge in [0.05, 0.1) is 29.3 Å².